The molecule has 0 saturated heterocycles. The van der Waals surface area contributed by atoms with E-state index in [2.05, 4.69) is 5.32 Å². The van der Waals surface area contributed by atoms with Gasteiger partial charge in [-0.25, -0.2) is 0 Å². The van der Waals surface area contributed by atoms with Crippen LogP contribution in [-0.4, -0.2) is 35.4 Å². The Kier molecular flexibility index (Phi) is 8.25. The molecule has 0 heterocycles. The normalized spacial score (nSPS) is 12.7. The molecule has 2 aromatic rings. The predicted molar refractivity (Wildman–Crippen MR) is 116 cm³/mol. The Labute approximate surface area is 174 Å². The zero-order valence-corrected chi connectivity index (χ0v) is 18.1. The number of amides is 2. The fourth-order valence-corrected chi connectivity index (χ4v) is 2.93. The van der Waals surface area contributed by atoms with Crippen LogP contribution in [0.2, 0.25) is 0 Å². The molecule has 29 heavy (non-hydrogen) atoms. The number of nitrogens with zero attached hydrogens (tertiary/aromatic N) is 1. The molecular weight excluding hydrogens is 364 g/mol. The molecule has 0 radical (unpaired) electrons. The van der Waals surface area contributed by atoms with Gasteiger partial charge in [0.25, 0.3) is 5.91 Å². The van der Waals surface area contributed by atoms with Crippen LogP contribution in [0.4, 0.5) is 0 Å². The summed E-state index contributed by atoms with van der Waals surface area (Å²) in [6, 6.07) is 14.9. The van der Waals surface area contributed by atoms with Gasteiger partial charge in [0.1, 0.15) is 11.8 Å². The number of benzene rings is 2. The summed E-state index contributed by atoms with van der Waals surface area (Å²) < 4.78 is 5.81. The number of aryl methyl sites for hydroxylation is 1. The van der Waals surface area contributed by atoms with Gasteiger partial charge in [-0.2, -0.15) is 0 Å². The molecule has 2 amide bonds. The largest absolute Gasteiger partial charge is 0.483 e. The highest BCUT2D eigenvalue weighted by Gasteiger charge is 2.27. The fraction of sp³-hybridized carbons (Fsp3) is 0.417. The van der Waals surface area contributed by atoms with Crippen molar-refractivity contribution in [3.8, 4) is 5.75 Å². The van der Waals surface area contributed by atoms with Crippen LogP contribution in [0.5, 0.6) is 5.75 Å². The van der Waals surface area contributed by atoms with Gasteiger partial charge in [-0.1, -0.05) is 49.4 Å². The third-order valence-electron chi connectivity index (χ3n) is 5.27. The monoisotopic (exact) mass is 396 g/mol. The summed E-state index contributed by atoms with van der Waals surface area (Å²) in [7, 11) is 0. The molecule has 0 aromatic heterocycles. The van der Waals surface area contributed by atoms with E-state index in [-0.39, 0.29) is 24.5 Å². The number of hydrogen-bond donors (Lipinski definition) is 1. The first kappa shape index (κ1) is 22.5. The van der Waals surface area contributed by atoms with Crippen molar-refractivity contribution in [2.75, 3.05) is 6.61 Å². The van der Waals surface area contributed by atoms with Crippen molar-refractivity contribution in [3.63, 3.8) is 0 Å². The Morgan fingerprint density at radius 1 is 1.03 bits per heavy atom. The lowest BCUT2D eigenvalue weighted by atomic mass is 10.1. The van der Waals surface area contributed by atoms with Gasteiger partial charge in [0, 0.05) is 12.6 Å². The van der Waals surface area contributed by atoms with Crippen LogP contribution in [0, 0.1) is 13.8 Å². The minimum atomic E-state index is -0.598. The van der Waals surface area contributed by atoms with Crippen LogP contribution in [0.1, 0.15) is 43.9 Å². The Morgan fingerprint density at radius 3 is 2.38 bits per heavy atom. The van der Waals surface area contributed by atoms with Crippen molar-refractivity contribution in [2.45, 2.75) is 59.7 Å². The summed E-state index contributed by atoms with van der Waals surface area (Å²) in [5, 5.41) is 2.97. The summed E-state index contributed by atoms with van der Waals surface area (Å²) in [5.41, 5.74) is 3.09. The van der Waals surface area contributed by atoms with Crippen LogP contribution >= 0.6 is 0 Å². The van der Waals surface area contributed by atoms with Crippen molar-refractivity contribution in [1.82, 2.24) is 10.2 Å². The molecule has 156 valence electrons. The standard InChI is InChI=1S/C24H32N2O3/c1-6-18(3)25-24(28)20(5)26(15-21-12-8-7-9-13-21)23(27)16-29-22-14-10-11-17(2)19(22)4/h7-14,18,20H,6,15-16H2,1-5H3,(H,25,28)/t18-,20-/m1/s1. The molecular formula is C24H32N2O3. The Balaban J connectivity index is 2.15. The lowest BCUT2D eigenvalue weighted by molar-refractivity contribution is -0.142. The van der Waals surface area contributed by atoms with E-state index in [0.717, 1.165) is 23.1 Å². The number of rotatable bonds is 9. The highest BCUT2D eigenvalue weighted by Crippen LogP contribution is 2.21. The van der Waals surface area contributed by atoms with Crippen molar-refractivity contribution in [1.29, 1.82) is 0 Å². The number of nitrogens with one attached hydrogen (secondary N) is 1. The Bertz CT molecular complexity index is 820. The maximum Gasteiger partial charge on any atom is 0.261 e. The van der Waals surface area contributed by atoms with Crippen molar-refractivity contribution < 1.29 is 14.3 Å². The summed E-state index contributed by atoms with van der Waals surface area (Å²) in [5.74, 6) is 0.312. The predicted octanol–water partition coefficient (Wildman–Crippen LogP) is 4.01. The molecule has 0 aliphatic heterocycles. The van der Waals surface area contributed by atoms with E-state index in [9.17, 15) is 9.59 Å². The zero-order chi connectivity index (χ0) is 21.4. The van der Waals surface area contributed by atoms with Crippen molar-refractivity contribution >= 4 is 11.8 Å². The van der Waals surface area contributed by atoms with E-state index in [0.29, 0.717) is 12.3 Å². The lowest BCUT2D eigenvalue weighted by Gasteiger charge is -2.29. The van der Waals surface area contributed by atoms with E-state index in [1.807, 2.05) is 76.2 Å². The van der Waals surface area contributed by atoms with Gasteiger partial charge in [-0.05, 0) is 56.9 Å². The van der Waals surface area contributed by atoms with Gasteiger partial charge in [0.2, 0.25) is 5.91 Å². The van der Waals surface area contributed by atoms with E-state index < -0.39 is 6.04 Å². The average Bonchev–Trinajstić information content (AvgIpc) is 2.72. The first-order valence-corrected chi connectivity index (χ1v) is 10.2. The van der Waals surface area contributed by atoms with Gasteiger partial charge in [-0.15, -0.1) is 0 Å². The van der Waals surface area contributed by atoms with E-state index in [1.54, 1.807) is 11.8 Å². The highest BCUT2D eigenvalue weighted by molar-refractivity contribution is 5.88. The molecule has 2 rings (SSSR count). The summed E-state index contributed by atoms with van der Waals surface area (Å²) in [6.45, 7) is 9.95. The molecule has 1 N–H and O–H groups in total. The van der Waals surface area contributed by atoms with Crippen LogP contribution < -0.4 is 10.1 Å². The number of carbonyl (C=O) groups is 2. The highest BCUT2D eigenvalue weighted by atomic mass is 16.5. The summed E-state index contributed by atoms with van der Waals surface area (Å²) in [6.07, 6.45) is 0.834. The van der Waals surface area contributed by atoms with E-state index in [1.165, 1.54) is 0 Å². The molecule has 2 atom stereocenters. The summed E-state index contributed by atoms with van der Waals surface area (Å²) >= 11 is 0. The molecule has 0 aliphatic rings. The molecule has 0 saturated carbocycles. The quantitative estimate of drug-likeness (QED) is 0.697. The Hall–Kier alpha value is -2.82. The average molecular weight is 397 g/mol. The second-order valence-corrected chi connectivity index (χ2v) is 7.49. The van der Waals surface area contributed by atoms with Crippen LogP contribution in [0.25, 0.3) is 0 Å². The van der Waals surface area contributed by atoms with Crippen LogP contribution in [-0.2, 0) is 16.1 Å². The lowest BCUT2D eigenvalue weighted by Crippen LogP contribution is -2.50. The molecule has 2 aromatic carbocycles. The van der Waals surface area contributed by atoms with Crippen LogP contribution in [0.15, 0.2) is 48.5 Å². The first-order chi connectivity index (χ1) is 13.8. The van der Waals surface area contributed by atoms with Gasteiger partial charge in [0.15, 0.2) is 6.61 Å². The maximum absolute atomic E-state index is 13.0. The molecule has 0 spiro atoms. The molecule has 5 nitrogen and oxygen atoms in total. The van der Waals surface area contributed by atoms with Crippen molar-refractivity contribution in [3.05, 3.63) is 65.2 Å². The minimum Gasteiger partial charge on any atom is -0.483 e. The zero-order valence-electron chi connectivity index (χ0n) is 18.1. The number of ether oxygens (including phenoxy) is 1. The minimum absolute atomic E-state index is 0.0600. The molecule has 0 aliphatic carbocycles. The molecule has 0 bridgehead atoms. The SMILES string of the molecule is CC[C@@H](C)NC(=O)[C@@H](C)N(Cc1ccccc1)C(=O)COc1cccc(C)c1C. The third kappa shape index (κ3) is 6.34. The van der Waals surface area contributed by atoms with Crippen molar-refractivity contribution in [2.24, 2.45) is 0 Å². The van der Waals surface area contributed by atoms with Gasteiger partial charge in [0.05, 0.1) is 0 Å². The molecule has 0 fully saturated rings. The summed E-state index contributed by atoms with van der Waals surface area (Å²) in [4.78, 5) is 27.3. The van der Waals surface area contributed by atoms with Gasteiger partial charge in [-0.3, -0.25) is 9.59 Å². The van der Waals surface area contributed by atoms with Crippen LogP contribution in [0.3, 0.4) is 0 Å². The maximum atomic E-state index is 13.0. The number of hydrogen-bond acceptors (Lipinski definition) is 3. The number of carbonyl (C=O) groups excluding carboxylic acids is 2. The van der Waals surface area contributed by atoms with E-state index >= 15 is 0 Å². The van der Waals surface area contributed by atoms with E-state index in [4.69, 9.17) is 4.74 Å². The van der Waals surface area contributed by atoms with Gasteiger partial charge < -0.3 is 15.0 Å². The second kappa shape index (κ2) is 10.6. The molecule has 0 unspecified atom stereocenters. The fourth-order valence-electron chi connectivity index (χ4n) is 2.93. The second-order valence-electron chi connectivity index (χ2n) is 7.49. The third-order valence-corrected chi connectivity index (χ3v) is 5.27. The smallest absolute Gasteiger partial charge is 0.261 e. The first-order valence-electron chi connectivity index (χ1n) is 10.2. The topological polar surface area (TPSA) is 58.6 Å². The molecule has 5 heteroatoms. The van der Waals surface area contributed by atoms with Gasteiger partial charge >= 0.3 is 0 Å². The Morgan fingerprint density at radius 2 is 1.72 bits per heavy atom.